The Morgan fingerprint density at radius 1 is 1.04 bits per heavy atom. The molecule has 0 radical (unpaired) electrons. The van der Waals surface area contributed by atoms with E-state index in [1.165, 1.54) is 18.6 Å². The van der Waals surface area contributed by atoms with Gasteiger partial charge in [0, 0.05) is 5.92 Å². The van der Waals surface area contributed by atoms with E-state index < -0.39 is 0 Å². The van der Waals surface area contributed by atoms with Gasteiger partial charge in [0.15, 0.2) is 11.5 Å². The molecule has 1 unspecified atom stereocenters. The summed E-state index contributed by atoms with van der Waals surface area (Å²) in [6, 6.07) is 12.6. The SMILES string of the molecule is CCCCCOc1ccc(CC(CN)c2ccc(F)cc2)cc1OC. The first kappa shape index (κ1) is 19.3. The van der Waals surface area contributed by atoms with Gasteiger partial charge in [-0.2, -0.15) is 0 Å². The molecule has 2 aromatic rings. The highest BCUT2D eigenvalue weighted by Gasteiger charge is 2.13. The Bertz CT molecular complexity index is 643. The number of hydrogen-bond acceptors (Lipinski definition) is 3. The van der Waals surface area contributed by atoms with Crippen molar-refractivity contribution in [1.29, 1.82) is 0 Å². The fourth-order valence-corrected chi connectivity index (χ4v) is 2.85. The molecule has 2 aromatic carbocycles. The largest absolute Gasteiger partial charge is 0.493 e. The first-order chi connectivity index (χ1) is 12.2. The first-order valence-corrected chi connectivity index (χ1v) is 8.93. The van der Waals surface area contributed by atoms with Crippen LogP contribution >= 0.6 is 0 Å². The second kappa shape index (κ2) is 10.0. The van der Waals surface area contributed by atoms with Crippen LogP contribution in [-0.2, 0) is 6.42 Å². The first-order valence-electron chi connectivity index (χ1n) is 8.93. The topological polar surface area (TPSA) is 44.5 Å². The molecule has 4 heteroatoms. The summed E-state index contributed by atoms with van der Waals surface area (Å²) < 4.78 is 24.4. The van der Waals surface area contributed by atoms with E-state index in [1.807, 2.05) is 18.2 Å². The van der Waals surface area contributed by atoms with Gasteiger partial charge in [-0.05, 0) is 54.8 Å². The smallest absolute Gasteiger partial charge is 0.161 e. The van der Waals surface area contributed by atoms with Crippen molar-refractivity contribution in [3.8, 4) is 11.5 Å². The molecule has 2 rings (SSSR count). The number of hydrogen-bond donors (Lipinski definition) is 1. The Morgan fingerprint density at radius 2 is 1.80 bits per heavy atom. The van der Waals surface area contributed by atoms with Crippen LogP contribution in [0.3, 0.4) is 0 Å². The number of methoxy groups -OCH3 is 1. The molecule has 25 heavy (non-hydrogen) atoms. The molecule has 3 nitrogen and oxygen atoms in total. The van der Waals surface area contributed by atoms with Crippen LogP contribution in [0.1, 0.15) is 43.2 Å². The minimum atomic E-state index is -0.231. The van der Waals surface area contributed by atoms with E-state index in [9.17, 15) is 4.39 Å². The Kier molecular flexibility index (Phi) is 7.74. The molecule has 0 aliphatic carbocycles. The van der Waals surface area contributed by atoms with Gasteiger partial charge >= 0.3 is 0 Å². The molecule has 136 valence electrons. The van der Waals surface area contributed by atoms with Crippen molar-refractivity contribution in [3.05, 3.63) is 59.4 Å². The number of rotatable bonds is 10. The zero-order chi connectivity index (χ0) is 18.1. The summed E-state index contributed by atoms with van der Waals surface area (Å²) in [6.07, 6.45) is 4.15. The monoisotopic (exact) mass is 345 g/mol. The molecule has 0 amide bonds. The third-order valence-corrected chi connectivity index (χ3v) is 4.34. The fraction of sp³-hybridized carbons (Fsp3) is 0.429. The Labute approximate surface area is 150 Å². The molecule has 0 saturated heterocycles. The summed E-state index contributed by atoms with van der Waals surface area (Å²) in [7, 11) is 1.65. The quantitative estimate of drug-likeness (QED) is 0.636. The van der Waals surface area contributed by atoms with Crippen LogP contribution < -0.4 is 15.2 Å². The highest BCUT2D eigenvalue weighted by molar-refractivity contribution is 5.43. The molecule has 0 bridgehead atoms. The van der Waals surface area contributed by atoms with Crippen LogP contribution in [0.15, 0.2) is 42.5 Å². The van der Waals surface area contributed by atoms with Crippen molar-refractivity contribution in [2.45, 2.75) is 38.5 Å². The summed E-state index contributed by atoms with van der Waals surface area (Å²) >= 11 is 0. The average molecular weight is 345 g/mol. The molecule has 0 saturated carbocycles. The van der Waals surface area contributed by atoms with Gasteiger partial charge in [0.05, 0.1) is 13.7 Å². The maximum absolute atomic E-state index is 13.1. The van der Waals surface area contributed by atoms with Crippen LogP contribution in [0.4, 0.5) is 4.39 Å². The number of unbranched alkanes of at least 4 members (excludes halogenated alkanes) is 2. The molecular weight excluding hydrogens is 317 g/mol. The van der Waals surface area contributed by atoms with Crippen LogP contribution in [0.25, 0.3) is 0 Å². The second-order valence-electron chi connectivity index (χ2n) is 6.23. The van der Waals surface area contributed by atoms with E-state index in [0.717, 1.165) is 41.9 Å². The van der Waals surface area contributed by atoms with E-state index >= 15 is 0 Å². The van der Waals surface area contributed by atoms with E-state index in [4.69, 9.17) is 15.2 Å². The van der Waals surface area contributed by atoms with E-state index in [2.05, 4.69) is 6.92 Å². The number of benzene rings is 2. The summed E-state index contributed by atoms with van der Waals surface area (Å²) in [5, 5.41) is 0. The van der Waals surface area contributed by atoms with Crippen molar-refractivity contribution >= 4 is 0 Å². The normalized spacial score (nSPS) is 12.0. The predicted molar refractivity (Wildman–Crippen MR) is 99.9 cm³/mol. The third kappa shape index (κ3) is 5.75. The van der Waals surface area contributed by atoms with Gasteiger partial charge in [0.2, 0.25) is 0 Å². The maximum Gasteiger partial charge on any atom is 0.161 e. The third-order valence-electron chi connectivity index (χ3n) is 4.34. The minimum Gasteiger partial charge on any atom is -0.493 e. The van der Waals surface area contributed by atoms with Crippen molar-refractivity contribution in [1.82, 2.24) is 0 Å². The second-order valence-corrected chi connectivity index (χ2v) is 6.23. The molecule has 2 N–H and O–H groups in total. The van der Waals surface area contributed by atoms with Crippen molar-refractivity contribution in [2.75, 3.05) is 20.3 Å². The van der Waals surface area contributed by atoms with Crippen LogP contribution in [0.2, 0.25) is 0 Å². The lowest BCUT2D eigenvalue weighted by Crippen LogP contribution is -2.15. The van der Waals surface area contributed by atoms with Gasteiger partial charge in [-0.25, -0.2) is 4.39 Å². The summed E-state index contributed by atoms with van der Waals surface area (Å²) in [4.78, 5) is 0. The van der Waals surface area contributed by atoms with E-state index in [0.29, 0.717) is 13.2 Å². The minimum absolute atomic E-state index is 0.140. The highest BCUT2D eigenvalue weighted by atomic mass is 19.1. The van der Waals surface area contributed by atoms with Gasteiger partial charge < -0.3 is 15.2 Å². The van der Waals surface area contributed by atoms with Crippen molar-refractivity contribution in [2.24, 2.45) is 5.73 Å². The van der Waals surface area contributed by atoms with Gasteiger partial charge in [-0.15, -0.1) is 0 Å². The molecule has 0 aromatic heterocycles. The summed E-state index contributed by atoms with van der Waals surface area (Å²) in [5.74, 6) is 1.42. The van der Waals surface area contributed by atoms with Crippen LogP contribution in [0, 0.1) is 5.82 Å². The number of ether oxygens (including phenoxy) is 2. The van der Waals surface area contributed by atoms with Crippen molar-refractivity contribution < 1.29 is 13.9 Å². The number of halogens is 1. The van der Waals surface area contributed by atoms with Crippen LogP contribution in [-0.4, -0.2) is 20.3 Å². The lowest BCUT2D eigenvalue weighted by Gasteiger charge is -2.17. The van der Waals surface area contributed by atoms with Gasteiger partial charge in [-0.1, -0.05) is 38.0 Å². The molecule has 0 fully saturated rings. The van der Waals surface area contributed by atoms with E-state index in [1.54, 1.807) is 19.2 Å². The predicted octanol–water partition coefficient (Wildman–Crippen LogP) is 4.69. The van der Waals surface area contributed by atoms with Gasteiger partial charge in [-0.3, -0.25) is 0 Å². The fourth-order valence-electron chi connectivity index (χ4n) is 2.85. The Morgan fingerprint density at radius 3 is 2.44 bits per heavy atom. The molecule has 0 aliphatic heterocycles. The highest BCUT2D eigenvalue weighted by Crippen LogP contribution is 2.30. The molecule has 1 atom stereocenters. The van der Waals surface area contributed by atoms with Gasteiger partial charge in [0.25, 0.3) is 0 Å². The Hall–Kier alpha value is -2.07. The van der Waals surface area contributed by atoms with Gasteiger partial charge in [0.1, 0.15) is 5.82 Å². The van der Waals surface area contributed by atoms with E-state index in [-0.39, 0.29) is 11.7 Å². The lowest BCUT2D eigenvalue weighted by molar-refractivity contribution is 0.286. The molecular formula is C21H28FNO2. The number of nitrogens with two attached hydrogens (primary N) is 1. The Balaban J connectivity index is 2.06. The summed E-state index contributed by atoms with van der Waals surface area (Å²) in [6.45, 7) is 3.37. The maximum atomic E-state index is 13.1. The van der Waals surface area contributed by atoms with Crippen molar-refractivity contribution in [3.63, 3.8) is 0 Å². The average Bonchev–Trinajstić information content (AvgIpc) is 2.64. The lowest BCUT2D eigenvalue weighted by atomic mass is 9.92. The van der Waals surface area contributed by atoms with Crippen LogP contribution in [0.5, 0.6) is 11.5 Å². The zero-order valence-corrected chi connectivity index (χ0v) is 15.1. The molecule has 0 aliphatic rings. The molecule has 0 heterocycles. The molecule has 0 spiro atoms. The summed E-state index contributed by atoms with van der Waals surface area (Å²) in [5.41, 5.74) is 8.10. The zero-order valence-electron chi connectivity index (χ0n) is 15.1. The standard InChI is InChI=1S/C21H28FNO2/c1-3-4-5-12-25-20-11-6-16(14-21(20)24-2)13-18(15-23)17-7-9-19(22)10-8-17/h6-11,14,18H,3-5,12-13,15,23H2,1-2H3.